The second-order valence-corrected chi connectivity index (χ2v) is 6.54. The Morgan fingerprint density at radius 3 is 2.61 bits per heavy atom. The lowest BCUT2D eigenvalue weighted by atomic mass is 9.83. The maximum atomic E-state index is 5.56. The third kappa shape index (κ3) is 5.27. The number of unbranched alkanes of at least 4 members (excludes halogenated alkanes) is 1. The third-order valence-corrected chi connectivity index (χ3v) is 4.46. The minimum absolute atomic E-state index is 0.385. The molecule has 0 saturated heterocycles. The summed E-state index contributed by atoms with van der Waals surface area (Å²) >= 11 is 0. The molecule has 18 heavy (non-hydrogen) atoms. The van der Waals surface area contributed by atoms with Crippen LogP contribution in [0.4, 0.5) is 0 Å². The van der Waals surface area contributed by atoms with Gasteiger partial charge in [0.15, 0.2) is 0 Å². The quantitative estimate of drug-likeness (QED) is 0.665. The average Bonchev–Trinajstić information content (AvgIpc) is 3.18. The molecule has 0 spiro atoms. The summed E-state index contributed by atoms with van der Waals surface area (Å²) in [6.07, 6.45) is 11.7. The fourth-order valence-corrected chi connectivity index (χ4v) is 3.26. The smallest absolute Gasteiger partial charge is 0.0518 e. The highest BCUT2D eigenvalue weighted by molar-refractivity contribution is 4.87. The maximum absolute atomic E-state index is 5.56. The van der Waals surface area contributed by atoms with Gasteiger partial charge in [-0.3, -0.25) is 0 Å². The number of nitrogens with one attached hydrogen (secondary N) is 1. The molecule has 2 rings (SSSR count). The molecule has 2 saturated carbocycles. The van der Waals surface area contributed by atoms with Gasteiger partial charge in [-0.05, 0) is 70.8 Å². The van der Waals surface area contributed by atoms with Crippen molar-refractivity contribution in [3.8, 4) is 0 Å². The Balaban J connectivity index is 1.48. The molecular weight excluding hydrogens is 222 g/mol. The van der Waals surface area contributed by atoms with Gasteiger partial charge in [0.1, 0.15) is 0 Å². The first-order valence-electron chi connectivity index (χ1n) is 8.10. The zero-order valence-electron chi connectivity index (χ0n) is 12.3. The van der Waals surface area contributed by atoms with Crippen LogP contribution in [0.2, 0.25) is 0 Å². The Bertz CT molecular complexity index is 225. The van der Waals surface area contributed by atoms with Crippen LogP contribution in [0.3, 0.4) is 0 Å². The molecule has 0 bridgehead atoms. The molecule has 0 aromatic carbocycles. The number of hydrogen-bond acceptors (Lipinski definition) is 2. The molecule has 0 aromatic heterocycles. The minimum atomic E-state index is 0.385. The second kappa shape index (κ2) is 7.49. The summed E-state index contributed by atoms with van der Waals surface area (Å²) in [5, 5.41) is 3.77. The van der Waals surface area contributed by atoms with Crippen LogP contribution in [-0.2, 0) is 4.74 Å². The molecule has 2 fully saturated rings. The predicted octanol–water partition coefficient (Wildman–Crippen LogP) is 3.75. The fraction of sp³-hybridized carbons (Fsp3) is 1.00. The van der Waals surface area contributed by atoms with E-state index in [1.165, 1.54) is 57.9 Å². The first kappa shape index (κ1) is 14.3. The van der Waals surface area contributed by atoms with Crippen LogP contribution in [0.15, 0.2) is 0 Å². The topological polar surface area (TPSA) is 21.3 Å². The lowest BCUT2D eigenvalue weighted by Gasteiger charge is -2.30. The summed E-state index contributed by atoms with van der Waals surface area (Å²) in [6, 6.07) is 0.815. The van der Waals surface area contributed by atoms with Crippen LogP contribution in [0.1, 0.15) is 65.2 Å². The van der Waals surface area contributed by atoms with Crippen molar-refractivity contribution in [2.45, 2.75) is 77.4 Å². The molecule has 0 amide bonds. The third-order valence-electron chi connectivity index (χ3n) is 4.46. The Kier molecular flexibility index (Phi) is 5.97. The maximum Gasteiger partial charge on any atom is 0.0518 e. The van der Waals surface area contributed by atoms with E-state index in [9.17, 15) is 0 Å². The number of hydrogen-bond donors (Lipinski definition) is 1. The molecule has 0 aliphatic heterocycles. The van der Waals surface area contributed by atoms with Crippen molar-refractivity contribution in [1.29, 1.82) is 0 Å². The Hall–Kier alpha value is -0.0800. The van der Waals surface area contributed by atoms with E-state index in [1.54, 1.807) is 0 Å². The van der Waals surface area contributed by atoms with E-state index in [2.05, 4.69) is 19.2 Å². The lowest BCUT2D eigenvalue weighted by molar-refractivity contribution is 0.0758. The first-order chi connectivity index (χ1) is 8.75. The van der Waals surface area contributed by atoms with Crippen LogP contribution >= 0.6 is 0 Å². The molecule has 0 heterocycles. The van der Waals surface area contributed by atoms with Gasteiger partial charge in [-0.25, -0.2) is 0 Å². The van der Waals surface area contributed by atoms with Gasteiger partial charge < -0.3 is 10.1 Å². The van der Waals surface area contributed by atoms with E-state index in [-0.39, 0.29) is 0 Å². The van der Waals surface area contributed by atoms with Gasteiger partial charge in [0.25, 0.3) is 0 Å². The molecule has 2 aliphatic carbocycles. The van der Waals surface area contributed by atoms with Gasteiger partial charge in [0.2, 0.25) is 0 Å². The van der Waals surface area contributed by atoms with Crippen LogP contribution in [0.5, 0.6) is 0 Å². The van der Waals surface area contributed by atoms with Gasteiger partial charge in [-0.15, -0.1) is 0 Å². The van der Waals surface area contributed by atoms with E-state index in [0.29, 0.717) is 6.10 Å². The molecule has 2 heteroatoms. The van der Waals surface area contributed by atoms with Crippen molar-refractivity contribution >= 4 is 0 Å². The molecule has 2 atom stereocenters. The van der Waals surface area contributed by atoms with Gasteiger partial charge in [-0.2, -0.15) is 0 Å². The Labute approximate surface area is 113 Å². The molecule has 1 N–H and O–H groups in total. The highest BCUT2D eigenvalue weighted by Gasteiger charge is 2.34. The largest absolute Gasteiger partial charge is 0.379 e. The van der Waals surface area contributed by atoms with Crippen LogP contribution in [-0.4, -0.2) is 25.3 Å². The second-order valence-electron chi connectivity index (χ2n) is 6.54. The summed E-state index contributed by atoms with van der Waals surface area (Å²) in [4.78, 5) is 0. The zero-order valence-corrected chi connectivity index (χ0v) is 12.3. The molecule has 2 unspecified atom stereocenters. The monoisotopic (exact) mass is 253 g/mol. The van der Waals surface area contributed by atoms with Crippen molar-refractivity contribution < 1.29 is 4.74 Å². The van der Waals surface area contributed by atoms with Crippen molar-refractivity contribution in [3.63, 3.8) is 0 Å². The summed E-state index contributed by atoms with van der Waals surface area (Å²) in [5.74, 6) is 2.16. The van der Waals surface area contributed by atoms with E-state index in [0.717, 1.165) is 24.5 Å². The van der Waals surface area contributed by atoms with Crippen LogP contribution < -0.4 is 5.32 Å². The van der Waals surface area contributed by atoms with Gasteiger partial charge in [0, 0.05) is 12.6 Å². The average molecular weight is 253 g/mol. The molecule has 2 aliphatic rings. The van der Waals surface area contributed by atoms with Gasteiger partial charge >= 0.3 is 0 Å². The highest BCUT2D eigenvalue weighted by atomic mass is 16.5. The first-order valence-corrected chi connectivity index (χ1v) is 8.10. The summed E-state index contributed by atoms with van der Waals surface area (Å²) in [7, 11) is 0. The minimum Gasteiger partial charge on any atom is -0.379 e. The Morgan fingerprint density at radius 1 is 1.06 bits per heavy atom. The summed E-state index contributed by atoms with van der Waals surface area (Å²) in [5.41, 5.74) is 0. The van der Waals surface area contributed by atoms with Crippen molar-refractivity contribution in [3.05, 3.63) is 0 Å². The molecular formula is C16H31NO. The molecule has 0 aromatic rings. The van der Waals surface area contributed by atoms with Crippen molar-refractivity contribution in [2.75, 3.05) is 13.2 Å². The van der Waals surface area contributed by atoms with E-state index in [4.69, 9.17) is 4.74 Å². The lowest BCUT2D eigenvalue weighted by Crippen LogP contribution is -2.35. The van der Waals surface area contributed by atoms with Crippen LogP contribution in [0.25, 0.3) is 0 Å². The molecule has 2 nitrogen and oxygen atoms in total. The van der Waals surface area contributed by atoms with E-state index >= 15 is 0 Å². The van der Waals surface area contributed by atoms with Crippen molar-refractivity contribution in [1.82, 2.24) is 5.32 Å². The summed E-state index contributed by atoms with van der Waals surface area (Å²) < 4.78 is 5.56. The van der Waals surface area contributed by atoms with E-state index < -0.39 is 0 Å². The summed E-state index contributed by atoms with van der Waals surface area (Å²) in [6.45, 7) is 6.33. The van der Waals surface area contributed by atoms with Crippen LogP contribution in [0, 0.1) is 11.8 Å². The van der Waals surface area contributed by atoms with Crippen molar-refractivity contribution in [2.24, 2.45) is 11.8 Å². The zero-order chi connectivity index (χ0) is 12.8. The SMILES string of the molecule is CC(C)OCCCCNC1CCCC(C2CC2)C1. The number of ether oxygens (including phenoxy) is 1. The van der Waals surface area contributed by atoms with E-state index in [1.807, 2.05) is 0 Å². The molecule has 106 valence electrons. The predicted molar refractivity (Wildman–Crippen MR) is 76.8 cm³/mol. The van der Waals surface area contributed by atoms with Gasteiger partial charge in [0.05, 0.1) is 6.10 Å². The Morgan fingerprint density at radius 2 is 1.89 bits per heavy atom. The standard InChI is InChI=1S/C16H31NO/c1-13(2)18-11-4-3-10-17-16-7-5-6-15(12-16)14-8-9-14/h13-17H,3-12H2,1-2H3. The fourth-order valence-electron chi connectivity index (χ4n) is 3.26. The highest BCUT2D eigenvalue weighted by Crippen LogP contribution is 2.43. The number of rotatable bonds is 8. The normalized spacial score (nSPS) is 28.8. The van der Waals surface area contributed by atoms with Gasteiger partial charge in [-0.1, -0.05) is 12.8 Å². The molecule has 0 radical (unpaired) electrons.